The molecule has 3 N–H and O–H groups in total. The topological polar surface area (TPSA) is 102 Å². The molecule has 1 amide bonds. The molecule has 0 heterocycles. The molecule has 2 aromatic rings. The molecule has 0 aliphatic carbocycles. The summed E-state index contributed by atoms with van der Waals surface area (Å²) in [7, 11) is 0. The highest BCUT2D eigenvalue weighted by Gasteiger charge is 2.10. The van der Waals surface area contributed by atoms with E-state index in [0.717, 1.165) is 5.56 Å². The summed E-state index contributed by atoms with van der Waals surface area (Å²) < 4.78 is 0. The number of nitrogens with one attached hydrogen (secondary N) is 2. The summed E-state index contributed by atoms with van der Waals surface area (Å²) in [6, 6.07) is 15.0. The maximum Gasteiger partial charge on any atom is 0.335 e. The molecule has 132 valence electrons. The molecule has 2 aromatic carbocycles. The Morgan fingerprint density at radius 1 is 1.19 bits per heavy atom. The number of nitriles is 1. The van der Waals surface area contributed by atoms with Gasteiger partial charge in [-0.1, -0.05) is 29.8 Å². The third-order valence-corrected chi connectivity index (χ3v) is 3.66. The molecule has 26 heavy (non-hydrogen) atoms. The normalized spacial score (nSPS) is 10.7. The highest BCUT2D eigenvalue weighted by atomic mass is 35.5. The number of hydrogen-bond donors (Lipinski definition) is 3. The van der Waals surface area contributed by atoms with Crippen LogP contribution in [0.4, 0.5) is 5.69 Å². The predicted molar refractivity (Wildman–Crippen MR) is 98.9 cm³/mol. The van der Waals surface area contributed by atoms with E-state index in [2.05, 4.69) is 10.6 Å². The third-order valence-electron chi connectivity index (χ3n) is 3.43. The van der Waals surface area contributed by atoms with Gasteiger partial charge in [0.2, 0.25) is 0 Å². The SMILES string of the molecule is N#C/C(=C/NCCc1cccc(Cl)c1)C(=O)Nc1cccc(C(=O)O)c1. The second-order valence-electron chi connectivity index (χ2n) is 5.34. The number of halogens is 1. The largest absolute Gasteiger partial charge is 0.478 e. The minimum Gasteiger partial charge on any atom is -0.478 e. The minimum absolute atomic E-state index is 0.0462. The van der Waals surface area contributed by atoms with Crippen LogP contribution in [-0.2, 0) is 11.2 Å². The zero-order valence-electron chi connectivity index (χ0n) is 13.7. The third kappa shape index (κ3) is 5.65. The number of anilines is 1. The van der Waals surface area contributed by atoms with Crippen molar-refractivity contribution in [3.05, 3.63) is 76.5 Å². The van der Waals surface area contributed by atoms with Gasteiger partial charge in [-0.25, -0.2) is 4.79 Å². The van der Waals surface area contributed by atoms with Crippen LogP contribution in [0.15, 0.2) is 60.3 Å². The van der Waals surface area contributed by atoms with E-state index in [1.54, 1.807) is 12.1 Å². The van der Waals surface area contributed by atoms with Gasteiger partial charge in [0.1, 0.15) is 11.6 Å². The Balaban J connectivity index is 1.93. The van der Waals surface area contributed by atoms with Crippen molar-refractivity contribution in [3.8, 4) is 6.07 Å². The molecule has 0 aromatic heterocycles. The van der Waals surface area contributed by atoms with Crippen LogP contribution in [0.5, 0.6) is 0 Å². The van der Waals surface area contributed by atoms with Crippen molar-refractivity contribution in [2.75, 3.05) is 11.9 Å². The van der Waals surface area contributed by atoms with Gasteiger partial charge in [0.15, 0.2) is 0 Å². The van der Waals surface area contributed by atoms with Gasteiger partial charge in [-0.3, -0.25) is 4.79 Å². The average molecular weight is 370 g/mol. The number of amides is 1. The van der Waals surface area contributed by atoms with Crippen molar-refractivity contribution in [3.63, 3.8) is 0 Å². The molecule has 0 fully saturated rings. The van der Waals surface area contributed by atoms with Crippen LogP contribution in [0.3, 0.4) is 0 Å². The van der Waals surface area contributed by atoms with Gasteiger partial charge in [-0.05, 0) is 42.3 Å². The first-order chi connectivity index (χ1) is 12.5. The molecule has 0 aliphatic heterocycles. The molecule has 0 atom stereocenters. The average Bonchev–Trinajstić information content (AvgIpc) is 2.62. The quantitative estimate of drug-likeness (QED) is 0.395. The van der Waals surface area contributed by atoms with Crippen LogP contribution >= 0.6 is 11.6 Å². The molecule has 0 bridgehead atoms. The lowest BCUT2D eigenvalue weighted by Crippen LogP contribution is -2.18. The Morgan fingerprint density at radius 3 is 2.65 bits per heavy atom. The second kappa shape index (κ2) is 9.25. The van der Waals surface area contributed by atoms with Crippen LogP contribution in [0, 0.1) is 11.3 Å². The van der Waals surface area contributed by atoms with Crippen molar-refractivity contribution >= 4 is 29.2 Å². The van der Waals surface area contributed by atoms with Crippen LogP contribution < -0.4 is 10.6 Å². The molecule has 0 saturated heterocycles. The first-order valence-corrected chi connectivity index (χ1v) is 8.10. The fourth-order valence-electron chi connectivity index (χ4n) is 2.16. The standard InChI is InChI=1S/C19H16ClN3O3/c20-16-5-1-3-13(9-16)7-8-22-12-15(11-21)18(24)23-17-6-2-4-14(10-17)19(25)26/h1-6,9-10,12,22H,7-8H2,(H,23,24)(H,25,26)/b15-12-. The van der Waals surface area contributed by atoms with Crippen LogP contribution in [0.2, 0.25) is 5.02 Å². The van der Waals surface area contributed by atoms with Gasteiger partial charge in [0.05, 0.1) is 5.56 Å². The van der Waals surface area contributed by atoms with E-state index in [9.17, 15) is 9.59 Å². The monoisotopic (exact) mass is 369 g/mol. The first kappa shape index (κ1) is 19.0. The highest BCUT2D eigenvalue weighted by Crippen LogP contribution is 2.12. The van der Waals surface area contributed by atoms with Crippen molar-refractivity contribution in [2.24, 2.45) is 0 Å². The number of carboxylic acids is 1. The summed E-state index contributed by atoms with van der Waals surface area (Å²) in [4.78, 5) is 23.1. The van der Waals surface area contributed by atoms with Crippen LogP contribution in [0.1, 0.15) is 15.9 Å². The Kier molecular flexibility index (Phi) is 6.77. The van der Waals surface area contributed by atoms with Crippen LogP contribution in [0.25, 0.3) is 0 Å². The molecular weight excluding hydrogens is 354 g/mol. The van der Waals surface area contributed by atoms with E-state index in [4.69, 9.17) is 22.0 Å². The number of carbonyl (C=O) groups excluding carboxylic acids is 1. The van der Waals surface area contributed by atoms with E-state index >= 15 is 0 Å². The molecule has 0 spiro atoms. The predicted octanol–water partition coefficient (Wildman–Crippen LogP) is 3.22. The maximum absolute atomic E-state index is 12.1. The molecule has 2 rings (SSSR count). The maximum atomic E-state index is 12.1. The number of carbonyl (C=O) groups is 2. The van der Waals surface area contributed by atoms with Crippen LogP contribution in [-0.4, -0.2) is 23.5 Å². The van der Waals surface area contributed by atoms with E-state index < -0.39 is 11.9 Å². The molecule has 6 nitrogen and oxygen atoms in total. The number of carboxylic acid groups (broad SMARTS) is 1. The molecule has 0 aliphatic rings. The summed E-state index contributed by atoms with van der Waals surface area (Å²) in [6.45, 7) is 0.521. The van der Waals surface area contributed by atoms with Crippen molar-refractivity contribution in [1.82, 2.24) is 5.32 Å². The summed E-state index contributed by atoms with van der Waals surface area (Å²) in [5.41, 5.74) is 1.27. The number of aromatic carboxylic acids is 1. The van der Waals surface area contributed by atoms with E-state index in [1.807, 2.05) is 24.3 Å². The van der Waals surface area contributed by atoms with E-state index in [-0.39, 0.29) is 11.1 Å². The van der Waals surface area contributed by atoms with Gasteiger partial charge in [0, 0.05) is 23.5 Å². The Labute approximate surface area is 155 Å². The second-order valence-corrected chi connectivity index (χ2v) is 5.78. The molecule has 0 saturated carbocycles. The van der Waals surface area contributed by atoms with Gasteiger partial charge in [-0.15, -0.1) is 0 Å². The minimum atomic E-state index is -1.10. The Morgan fingerprint density at radius 2 is 1.96 bits per heavy atom. The van der Waals surface area contributed by atoms with Gasteiger partial charge in [0.25, 0.3) is 5.91 Å². The summed E-state index contributed by atoms with van der Waals surface area (Å²) in [6.07, 6.45) is 2.01. The number of benzene rings is 2. The molecule has 0 unspecified atom stereocenters. The van der Waals surface area contributed by atoms with Crippen molar-refractivity contribution in [1.29, 1.82) is 5.26 Å². The van der Waals surface area contributed by atoms with Crippen molar-refractivity contribution < 1.29 is 14.7 Å². The number of nitrogens with zero attached hydrogens (tertiary/aromatic N) is 1. The van der Waals surface area contributed by atoms with E-state index in [1.165, 1.54) is 24.4 Å². The molecular formula is C19H16ClN3O3. The lowest BCUT2D eigenvalue weighted by atomic mass is 10.1. The summed E-state index contributed by atoms with van der Waals surface area (Å²) in [5.74, 6) is -1.72. The Hall–Kier alpha value is -3.30. The summed E-state index contributed by atoms with van der Waals surface area (Å²) >= 11 is 5.91. The lowest BCUT2D eigenvalue weighted by Gasteiger charge is -2.06. The zero-order chi connectivity index (χ0) is 18.9. The number of hydrogen-bond acceptors (Lipinski definition) is 4. The highest BCUT2D eigenvalue weighted by molar-refractivity contribution is 6.30. The fourth-order valence-corrected chi connectivity index (χ4v) is 2.37. The van der Waals surface area contributed by atoms with Crippen molar-refractivity contribution in [2.45, 2.75) is 6.42 Å². The first-order valence-electron chi connectivity index (χ1n) is 7.72. The van der Waals surface area contributed by atoms with Gasteiger partial charge in [-0.2, -0.15) is 5.26 Å². The van der Waals surface area contributed by atoms with Gasteiger partial charge >= 0.3 is 5.97 Å². The lowest BCUT2D eigenvalue weighted by molar-refractivity contribution is -0.112. The Bertz CT molecular complexity index is 888. The smallest absolute Gasteiger partial charge is 0.335 e. The number of rotatable bonds is 7. The van der Waals surface area contributed by atoms with Gasteiger partial charge < -0.3 is 15.7 Å². The summed E-state index contributed by atoms with van der Waals surface area (Å²) in [5, 5.41) is 24.2. The van der Waals surface area contributed by atoms with E-state index in [0.29, 0.717) is 23.7 Å². The molecule has 0 radical (unpaired) electrons. The molecule has 7 heteroatoms. The zero-order valence-corrected chi connectivity index (χ0v) is 14.5. The fraction of sp³-hybridized carbons (Fsp3) is 0.105.